The normalized spacial score (nSPS) is 19.5. The van der Waals surface area contributed by atoms with E-state index in [-0.39, 0.29) is 24.2 Å². The molecule has 0 aromatic heterocycles. The summed E-state index contributed by atoms with van der Waals surface area (Å²) in [5.74, 6) is -0.451. The zero-order valence-electron chi connectivity index (χ0n) is 17.0. The van der Waals surface area contributed by atoms with Gasteiger partial charge in [0.1, 0.15) is 0 Å². The molecular weight excluding hydrogens is 366 g/mol. The summed E-state index contributed by atoms with van der Waals surface area (Å²) in [6.07, 6.45) is 0.241. The first-order chi connectivity index (χ1) is 14.0. The summed E-state index contributed by atoms with van der Waals surface area (Å²) < 4.78 is 5.39. The van der Waals surface area contributed by atoms with E-state index >= 15 is 0 Å². The van der Waals surface area contributed by atoms with Crippen LogP contribution in [0.5, 0.6) is 0 Å². The predicted molar refractivity (Wildman–Crippen MR) is 114 cm³/mol. The number of aryl methyl sites for hydroxylation is 1. The molecule has 6 nitrogen and oxygen atoms in total. The quantitative estimate of drug-likeness (QED) is 0.867. The van der Waals surface area contributed by atoms with Crippen LogP contribution in [0, 0.1) is 19.8 Å². The maximum absolute atomic E-state index is 12.8. The summed E-state index contributed by atoms with van der Waals surface area (Å²) in [4.78, 5) is 29.3. The largest absolute Gasteiger partial charge is 0.378 e. The van der Waals surface area contributed by atoms with Crippen LogP contribution in [-0.2, 0) is 14.3 Å². The van der Waals surface area contributed by atoms with Crippen molar-refractivity contribution in [2.75, 3.05) is 48.0 Å². The van der Waals surface area contributed by atoms with E-state index in [9.17, 15) is 9.59 Å². The molecule has 2 amide bonds. The van der Waals surface area contributed by atoms with Gasteiger partial charge in [-0.15, -0.1) is 0 Å². The van der Waals surface area contributed by atoms with E-state index < -0.39 is 0 Å². The van der Waals surface area contributed by atoms with E-state index in [2.05, 4.69) is 10.2 Å². The van der Waals surface area contributed by atoms with Crippen LogP contribution in [0.15, 0.2) is 42.5 Å². The fourth-order valence-corrected chi connectivity index (χ4v) is 3.97. The van der Waals surface area contributed by atoms with Crippen LogP contribution in [0.4, 0.5) is 17.1 Å². The lowest BCUT2D eigenvalue weighted by molar-refractivity contribution is -0.122. The molecule has 152 valence electrons. The third-order valence-corrected chi connectivity index (χ3v) is 5.87. The maximum atomic E-state index is 12.8. The molecule has 2 heterocycles. The third-order valence-electron chi connectivity index (χ3n) is 5.87. The van der Waals surface area contributed by atoms with Gasteiger partial charge in [0.05, 0.1) is 19.1 Å². The minimum Gasteiger partial charge on any atom is -0.378 e. The molecule has 2 fully saturated rings. The number of rotatable bonds is 4. The lowest BCUT2D eigenvalue weighted by Gasteiger charge is -2.29. The maximum Gasteiger partial charge on any atom is 0.229 e. The van der Waals surface area contributed by atoms with Gasteiger partial charge >= 0.3 is 0 Å². The molecule has 2 aromatic carbocycles. The molecule has 0 radical (unpaired) electrons. The molecule has 0 spiro atoms. The number of amides is 2. The molecule has 2 aliphatic rings. The summed E-state index contributed by atoms with van der Waals surface area (Å²) in [7, 11) is 0. The van der Waals surface area contributed by atoms with E-state index in [0.29, 0.717) is 6.54 Å². The Kier molecular flexibility index (Phi) is 5.53. The van der Waals surface area contributed by atoms with Gasteiger partial charge in [0.15, 0.2) is 0 Å². The second kappa shape index (κ2) is 8.25. The van der Waals surface area contributed by atoms with E-state index in [1.54, 1.807) is 4.90 Å². The Morgan fingerprint density at radius 3 is 2.52 bits per heavy atom. The Labute approximate surface area is 171 Å². The molecule has 0 saturated carbocycles. The van der Waals surface area contributed by atoms with Gasteiger partial charge in [-0.25, -0.2) is 0 Å². The van der Waals surface area contributed by atoms with Crippen LogP contribution in [0.3, 0.4) is 0 Å². The second-order valence-corrected chi connectivity index (χ2v) is 7.76. The SMILES string of the molecule is Cc1cccc(N2C[C@H](C(=O)Nc3ccc(N4CCOCC4)cc3)CC2=O)c1C. The number of hydrogen-bond donors (Lipinski definition) is 1. The molecule has 2 aliphatic heterocycles. The zero-order chi connectivity index (χ0) is 20.4. The summed E-state index contributed by atoms with van der Waals surface area (Å²) in [6.45, 7) is 7.71. The van der Waals surface area contributed by atoms with Gasteiger partial charge in [-0.05, 0) is 55.3 Å². The third kappa shape index (κ3) is 4.12. The van der Waals surface area contributed by atoms with E-state index in [1.807, 2.05) is 56.3 Å². The second-order valence-electron chi connectivity index (χ2n) is 7.76. The Morgan fingerprint density at radius 2 is 1.79 bits per heavy atom. The highest BCUT2D eigenvalue weighted by Gasteiger charge is 2.35. The van der Waals surface area contributed by atoms with Crippen molar-refractivity contribution in [3.63, 3.8) is 0 Å². The highest BCUT2D eigenvalue weighted by atomic mass is 16.5. The molecule has 4 rings (SSSR count). The van der Waals surface area contributed by atoms with Gasteiger partial charge in [-0.3, -0.25) is 9.59 Å². The van der Waals surface area contributed by atoms with Gasteiger partial charge in [0.2, 0.25) is 11.8 Å². The number of morpholine rings is 1. The first-order valence-electron chi connectivity index (χ1n) is 10.1. The molecule has 6 heteroatoms. The predicted octanol–water partition coefficient (Wildman–Crippen LogP) is 3.13. The monoisotopic (exact) mass is 393 g/mol. The van der Waals surface area contributed by atoms with Gasteiger partial charge in [-0.2, -0.15) is 0 Å². The Morgan fingerprint density at radius 1 is 1.07 bits per heavy atom. The van der Waals surface area contributed by atoms with Crippen LogP contribution in [0.25, 0.3) is 0 Å². The Hall–Kier alpha value is -2.86. The number of carbonyl (C=O) groups is 2. The first-order valence-corrected chi connectivity index (χ1v) is 10.1. The van der Waals surface area contributed by atoms with Crippen molar-refractivity contribution in [3.8, 4) is 0 Å². The average molecular weight is 393 g/mol. The fraction of sp³-hybridized carbons (Fsp3) is 0.391. The Balaban J connectivity index is 1.40. The van der Waals surface area contributed by atoms with Gasteiger partial charge in [-0.1, -0.05) is 12.1 Å². The number of hydrogen-bond acceptors (Lipinski definition) is 4. The highest BCUT2D eigenvalue weighted by molar-refractivity contribution is 6.04. The van der Waals surface area contributed by atoms with Crippen molar-refractivity contribution in [2.45, 2.75) is 20.3 Å². The van der Waals surface area contributed by atoms with Crippen LogP contribution >= 0.6 is 0 Å². The van der Waals surface area contributed by atoms with Crippen LogP contribution in [0.2, 0.25) is 0 Å². The van der Waals surface area contributed by atoms with E-state index in [0.717, 1.165) is 54.5 Å². The summed E-state index contributed by atoms with van der Waals surface area (Å²) in [6, 6.07) is 13.8. The standard InChI is InChI=1S/C23H27N3O3/c1-16-4-3-5-21(17(16)2)26-15-18(14-22(26)27)23(28)24-19-6-8-20(9-7-19)25-10-12-29-13-11-25/h3-9,18H,10-15H2,1-2H3,(H,24,28)/t18-/m1/s1. The number of nitrogens with zero attached hydrogens (tertiary/aromatic N) is 2. The van der Waals surface area contributed by atoms with Gasteiger partial charge in [0.25, 0.3) is 0 Å². The van der Waals surface area contributed by atoms with Crippen molar-refractivity contribution in [1.29, 1.82) is 0 Å². The smallest absolute Gasteiger partial charge is 0.229 e. The molecule has 0 bridgehead atoms. The molecule has 0 unspecified atom stereocenters. The number of anilines is 3. The minimum atomic E-state index is -0.346. The summed E-state index contributed by atoms with van der Waals surface area (Å²) in [5.41, 5.74) is 5.01. The number of nitrogens with one attached hydrogen (secondary N) is 1. The van der Waals surface area contributed by atoms with Crippen LogP contribution < -0.4 is 15.1 Å². The van der Waals surface area contributed by atoms with Crippen molar-refractivity contribution in [1.82, 2.24) is 0 Å². The van der Waals surface area contributed by atoms with Crippen LogP contribution in [0.1, 0.15) is 17.5 Å². The van der Waals surface area contributed by atoms with E-state index in [4.69, 9.17) is 4.74 Å². The minimum absolute atomic E-state index is 0.00140. The molecule has 1 N–H and O–H groups in total. The number of benzene rings is 2. The zero-order valence-corrected chi connectivity index (χ0v) is 17.0. The number of ether oxygens (including phenoxy) is 1. The highest BCUT2D eigenvalue weighted by Crippen LogP contribution is 2.30. The first kappa shape index (κ1) is 19.5. The molecule has 29 heavy (non-hydrogen) atoms. The molecule has 0 aliphatic carbocycles. The molecule has 1 atom stereocenters. The summed E-state index contributed by atoms with van der Waals surface area (Å²) in [5, 5.41) is 2.97. The Bertz CT molecular complexity index is 904. The van der Waals surface area contributed by atoms with Crippen molar-refractivity contribution in [2.24, 2.45) is 5.92 Å². The summed E-state index contributed by atoms with van der Waals surface area (Å²) >= 11 is 0. The van der Waals surface area contributed by atoms with Crippen LogP contribution in [-0.4, -0.2) is 44.7 Å². The number of carbonyl (C=O) groups excluding carboxylic acids is 2. The average Bonchev–Trinajstić information content (AvgIpc) is 3.13. The lowest BCUT2D eigenvalue weighted by Crippen LogP contribution is -2.36. The topological polar surface area (TPSA) is 61.9 Å². The van der Waals surface area contributed by atoms with Crippen molar-refractivity contribution >= 4 is 28.9 Å². The fourth-order valence-electron chi connectivity index (χ4n) is 3.97. The molecule has 2 saturated heterocycles. The van der Waals surface area contributed by atoms with Gasteiger partial charge < -0.3 is 19.9 Å². The van der Waals surface area contributed by atoms with E-state index in [1.165, 1.54) is 0 Å². The lowest BCUT2D eigenvalue weighted by atomic mass is 10.1. The van der Waals surface area contributed by atoms with Crippen molar-refractivity contribution < 1.29 is 14.3 Å². The molecule has 2 aromatic rings. The van der Waals surface area contributed by atoms with Crippen molar-refractivity contribution in [3.05, 3.63) is 53.6 Å². The van der Waals surface area contributed by atoms with Gasteiger partial charge in [0, 0.05) is 43.1 Å². The molecular formula is C23H27N3O3.